The molecule has 37 heavy (non-hydrogen) atoms. The van der Waals surface area contributed by atoms with Crippen LogP contribution in [0.15, 0.2) is 82.6 Å². The van der Waals surface area contributed by atoms with E-state index >= 15 is 0 Å². The highest BCUT2D eigenvalue weighted by molar-refractivity contribution is 7.85. The lowest BCUT2D eigenvalue weighted by Crippen LogP contribution is -2.34. The van der Waals surface area contributed by atoms with Crippen LogP contribution in [0.4, 0.5) is 5.69 Å². The average Bonchev–Trinajstić information content (AvgIpc) is 3.31. The van der Waals surface area contributed by atoms with Gasteiger partial charge in [0.15, 0.2) is 0 Å². The number of hydrogen-bond acceptors (Lipinski definition) is 4. The number of thiophene rings is 1. The third-order valence-electron chi connectivity index (χ3n) is 7.50. The molecule has 0 aliphatic heterocycles. The fraction of sp³-hybridized carbons (Fsp3) is 0.310. The first-order valence-corrected chi connectivity index (χ1v) is 14.8. The largest absolute Gasteiger partial charge is 0.337 e. The van der Waals surface area contributed by atoms with Crippen LogP contribution in [0, 0.1) is 5.92 Å². The maximum absolute atomic E-state index is 13.9. The first kappa shape index (κ1) is 24.3. The van der Waals surface area contributed by atoms with Gasteiger partial charge in [0.1, 0.15) is 21.0 Å². The minimum atomic E-state index is -1.26. The van der Waals surface area contributed by atoms with Gasteiger partial charge in [0.2, 0.25) is 5.91 Å². The number of anilines is 1. The summed E-state index contributed by atoms with van der Waals surface area (Å²) in [6.07, 6.45) is 7.51. The van der Waals surface area contributed by atoms with E-state index in [0.29, 0.717) is 6.54 Å². The van der Waals surface area contributed by atoms with E-state index in [1.165, 1.54) is 22.5 Å². The van der Waals surface area contributed by atoms with E-state index in [2.05, 4.69) is 40.0 Å². The molecule has 6 nitrogen and oxygen atoms in total. The topological polar surface area (TPSA) is 67.2 Å². The van der Waals surface area contributed by atoms with Crippen LogP contribution >= 0.6 is 11.3 Å². The van der Waals surface area contributed by atoms with E-state index in [4.69, 9.17) is 0 Å². The van der Waals surface area contributed by atoms with Crippen LogP contribution in [-0.4, -0.2) is 19.7 Å². The van der Waals surface area contributed by atoms with Crippen molar-refractivity contribution in [2.45, 2.75) is 48.4 Å². The Balaban J connectivity index is 1.30. The molecule has 0 radical (unpaired) electrons. The van der Waals surface area contributed by atoms with Crippen LogP contribution in [-0.2, 0) is 35.8 Å². The molecule has 4 atom stereocenters. The molecular weight excluding hydrogens is 500 g/mol. The maximum atomic E-state index is 13.9. The van der Waals surface area contributed by atoms with Crippen molar-refractivity contribution in [3.8, 4) is 0 Å². The molecule has 4 aromatic rings. The number of amides is 1. The third-order valence-corrected chi connectivity index (χ3v) is 9.91. The number of rotatable bonds is 8. The minimum absolute atomic E-state index is 0.0188. The maximum Gasteiger partial charge on any atom is 0.231 e. The lowest BCUT2D eigenvalue weighted by Gasteiger charge is -2.29. The fourth-order valence-corrected chi connectivity index (χ4v) is 7.29. The Hall–Kier alpha value is -3.07. The molecule has 2 aromatic heterocycles. The molecule has 0 saturated heterocycles. The Morgan fingerprint density at radius 3 is 2.81 bits per heavy atom. The lowest BCUT2D eigenvalue weighted by atomic mass is 9.87. The van der Waals surface area contributed by atoms with Crippen molar-refractivity contribution in [1.29, 1.82) is 0 Å². The van der Waals surface area contributed by atoms with Gasteiger partial charge in [-0.2, -0.15) is 0 Å². The van der Waals surface area contributed by atoms with Gasteiger partial charge in [-0.25, -0.2) is 13.9 Å². The first-order chi connectivity index (χ1) is 18.1. The fourth-order valence-electron chi connectivity index (χ4n) is 5.36. The minimum Gasteiger partial charge on any atom is -0.337 e. The van der Waals surface area contributed by atoms with Gasteiger partial charge in [0.25, 0.3) is 0 Å². The molecule has 2 aliphatic rings. The van der Waals surface area contributed by atoms with E-state index in [1.54, 1.807) is 6.20 Å². The molecule has 8 heteroatoms. The van der Waals surface area contributed by atoms with Crippen molar-refractivity contribution in [3.05, 3.63) is 101 Å². The number of aromatic nitrogens is 2. The highest BCUT2D eigenvalue weighted by atomic mass is 32.2. The standard InChI is InChI=1S/C29H30N4O2S2/c1-32-15-14-30-27(32)19-33(29(34)25-18-23(25)20-7-3-2-4-8-20)22-13-12-21-9-5-10-26(24(21)17-22)31-37(35)28-11-6-16-36-28/h2-4,6-8,11-17,23,25-26,31H,5,9-10,18-19H2,1H3/t23-,25+,26?,37?/m1/s1. The summed E-state index contributed by atoms with van der Waals surface area (Å²) in [6, 6.07) is 20.5. The van der Waals surface area contributed by atoms with Crippen LogP contribution in [0.2, 0.25) is 0 Å². The van der Waals surface area contributed by atoms with Gasteiger partial charge in [-0.15, -0.1) is 11.3 Å². The summed E-state index contributed by atoms with van der Waals surface area (Å²) in [5.41, 5.74) is 4.50. The van der Waals surface area contributed by atoms with Crippen molar-refractivity contribution >= 4 is 33.9 Å². The van der Waals surface area contributed by atoms with Crippen LogP contribution < -0.4 is 9.62 Å². The summed E-state index contributed by atoms with van der Waals surface area (Å²) < 4.78 is 19.1. The Labute approximate surface area is 224 Å². The number of imidazole rings is 1. The van der Waals surface area contributed by atoms with Gasteiger partial charge in [-0.3, -0.25) is 4.79 Å². The summed E-state index contributed by atoms with van der Waals surface area (Å²) in [7, 11) is 0.699. The van der Waals surface area contributed by atoms with Gasteiger partial charge >= 0.3 is 0 Å². The van der Waals surface area contributed by atoms with Crippen LogP contribution in [0.25, 0.3) is 0 Å². The van der Waals surface area contributed by atoms with Crippen LogP contribution in [0.5, 0.6) is 0 Å². The summed E-state index contributed by atoms with van der Waals surface area (Å²) >= 11 is 1.50. The Morgan fingerprint density at radius 2 is 2.05 bits per heavy atom. The predicted octanol–water partition coefficient (Wildman–Crippen LogP) is 5.51. The molecule has 190 valence electrons. The molecule has 2 heterocycles. The zero-order valence-electron chi connectivity index (χ0n) is 20.7. The van der Waals surface area contributed by atoms with Crippen LogP contribution in [0.3, 0.4) is 0 Å². The number of carbonyl (C=O) groups is 1. The molecule has 2 unspecified atom stereocenters. The normalized spacial score (nSPS) is 21.3. The quantitative estimate of drug-likeness (QED) is 0.327. The number of nitrogens with zero attached hydrogens (tertiary/aromatic N) is 3. The van der Waals surface area contributed by atoms with E-state index in [9.17, 15) is 9.00 Å². The SMILES string of the molecule is Cn1ccnc1CN(C(=O)[C@H]1C[C@@H]1c1ccccc1)c1ccc2c(c1)C(NS(=O)c1cccs1)CCC2. The third kappa shape index (κ3) is 5.06. The molecular formula is C29H30N4O2S2. The molecule has 1 N–H and O–H groups in total. The summed E-state index contributed by atoms with van der Waals surface area (Å²) in [4.78, 5) is 20.3. The lowest BCUT2D eigenvalue weighted by molar-refractivity contribution is -0.120. The second-order valence-electron chi connectivity index (χ2n) is 9.88. The molecule has 0 spiro atoms. The van der Waals surface area contributed by atoms with E-state index < -0.39 is 11.0 Å². The molecule has 1 saturated carbocycles. The second kappa shape index (κ2) is 10.4. The molecule has 2 aliphatic carbocycles. The van der Waals surface area contributed by atoms with E-state index in [1.807, 2.05) is 58.4 Å². The number of hydrogen-bond donors (Lipinski definition) is 1. The molecule has 0 bridgehead atoms. The number of nitrogens with one attached hydrogen (secondary N) is 1. The average molecular weight is 531 g/mol. The van der Waals surface area contributed by atoms with Crippen LogP contribution in [0.1, 0.15) is 53.7 Å². The number of fused-ring (bicyclic) bond motifs is 1. The number of benzene rings is 2. The van der Waals surface area contributed by atoms with Gasteiger partial charge < -0.3 is 9.47 Å². The van der Waals surface area contributed by atoms with Crippen molar-refractivity contribution in [1.82, 2.24) is 14.3 Å². The number of carbonyl (C=O) groups excluding carboxylic acids is 1. The molecule has 1 amide bonds. The smallest absolute Gasteiger partial charge is 0.231 e. The summed E-state index contributed by atoms with van der Waals surface area (Å²) in [5.74, 6) is 1.22. The monoisotopic (exact) mass is 530 g/mol. The first-order valence-electron chi connectivity index (χ1n) is 12.8. The van der Waals surface area contributed by atoms with Crippen molar-refractivity contribution in [3.63, 3.8) is 0 Å². The van der Waals surface area contributed by atoms with Gasteiger partial charge in [0.05, 0.1) is 6.54 Å². The number of aryl methyl sites for hydroxylation is 2. The van der Waals surface area contributed by atoms with E-state index in [-0.39, 0.29) is 23.8 Å². The Bertz CT molecular complexity index is 1420. The zero-order chi connectivity index (χ0) is 25.4. The highest BCUT2D eigenvalue weighted by Gasteiger charge is 2.46. The zero-order valence-corrected chi connectivity index (χ0v) is 22.4. The summed E-state index contributed by atoms with van der Waals surface area (Å²) in [5, 5.41) is 1.95. The summed E-state index contributed by atoms with van der Waals surface area (Å²) in [6.45, 7) is 0.415. The van der Waals surface area contributed by atoms with Crippen molar-refractivity contribution < 1.29 is 9.00 Å². The van der Waals surface area contributed by atoms with Crippen molar-refractivity contribution in [2.24, 2.45) is 13.0 Å². The Kier molecular flexibility index (Phi) is 6.80. The van der Waals surface area contributed by atoms with Gasteiger partial charge in [0, 0.05) is 37.1 Å². The van der Waals surface area contributed by atoms with Crippen molar-refractivity contribution in [2.75, 3.05) is 4.90 Å². The van der Waals surface area contributed by atoms with E-state index in [0.717, 1.165) is 47.0 Å². The van der Waals surface area contributed by atoms with Gasteiger partial charge in [-0.05, 0) is 71.9 Å². The molecule has 1 fully saturated rings. The highest BCUT2D eigenvalue weighted by Crippen LogP contribution is 2.49. The second-order valence-corrected chi connectivity index (χ2v) is 12.3. The van der Waals surface area contributed by atoms with Gasteiger partial charge in [-0.1, -0.05) is 42.5 Å². The Morgan fingerprint density at radius 1 is 1.19 bits per heavy atom. The molecule has 2 aromatic carbocycles. The molecule has 6 rings (SSSR count). The predicted molar refractivity (Wildman–Crippen MR) is 148 cm³/mol.